The number of anilines is 2. The number of amides is 1. The highest BCUT2D eigenvalue weighted by Crippen LogP contribution is 2.24. The number of halogens is 1. The molecule has 0 unspecified atom stereocenters. The molecular weight excluding hydrogens is 259 g/mol. The zero-order valence-corrected chi connectivity index (χ0v) is 11.2. The maximum Gasteiger partial charge on any atom is 0.255 e. The minimum absolute atomic E-state index is 0.239. The van der Waals surface area contributed by atoms with Crippen LogP contribution in [0.4, 0.5) is 15.8 Å². The van der Waals surface area contributed by atoms with E-state index in [4.69, 9.17) is 10.5 Å². The molecule has 5 heteroatoms. The van der Waals surface area contributed by atoms with Crippen LogP contribution in [0.15, 0.2) is 36.4 Å². The van der Waals surface area contributed by atoms with Gasteiger partial charge in [0.1, 0.15) is 11.6 Å². The second kappa shape index (κ2) is 5.61. The summed E-state index contributed by atoms with van der Waals surface area (Å²) in [5.41, 5.74) is 7.37. The zero-order valence-electron chi connectivity index (χ0n) is 11.2. The van der Waals surface area contributed by atoms with Gasteiger partial charge in [0, 0.05) is 11.6 Å². The van der Waals surface area contributed by atoms with E-state index in [1.54, 1.807) is 37.3 Å². The Morgan fingerprint density at radius 2 is 2.00 bits per heavy atom. The molecular formula is C15H15FN2O2. The first kappa shape index (κ1) is 13.9. The van der Waals surface area contributed by atoms with Crippen molar-refractivity contribution in [1.82, 2.24) is 0 Å². The van der Waals surface area contributed by atoms with E-state index in [-0.39, 0.29) is 5.56 Å². The highest BCUT2D eigenvalue weighted by Gasteiger charge is 2.10. The molecule has 1 amide bonds. The minimum Gasteiger partial charge on any atom is -0.497 e. The van der Waals surface area contributed by atoms with Crippen LogP contribution in [0.2, 0.25) is 0 Å². The van der Waals surface area contributed by atoms with Crippen LogP contribution >= 0.6 is 0 Å². The molecule has 0 atom stereocenters. The van der Waals surface area contributed by atoms with Gasteiger partial charge in [-0.15, -0.1) is 0 Å². The lowest BCUT2D eigenvalue weighted by Crippen LogP contribution is -2.13. The van der Waals surface area contributed by atoms with E-state index in [1.807, 2.05) is 0 Å². The predicted octanol–water partition coefficient (Wildman–Crippen LogP) is 2.98. The number of carbonyl (C=O) groups excluding carboxylic acids is 1. The molecule has 3 N–H and O–H groups in total. The average molecular weight is 274 g/mol. The lowest BCUT2D eigenvalue weighted by atomic mass is 10.1. The zero-order chi connectivity index (χ0) is 14.7. The van der Waals surface area contributed by atoms with Crippen LogP contribution in [0, 0.1) is 12.7 Å². The summed E-state index contributed by atoms with van der Waals surface area (Å²) < 4.78 is 18.5. The molecule has 0 bridgehead atoms. The Bertz CT molecular complexity index is 656. The van der Waals surface area contributed by atoms with Crippen molar-refractivity contribution < 1.29 is 13.9 Å². The summed E-state index contributed by atoms with van der Waals surface area (Å²) in [6.45, 7) is 1.64. The van der Waals surface area contributed by atoms with Crippen LogP contribution < -0.4 is 15.8 Å². The topological polar surface area (TPSA) is 64.3 Å². The highest BCUT2D eigenvalue weighted by atomic mass is 19.1. The molecule has 0 saturated heterocycles. The first-order chi connectivity index (χ1) is 9.51. The Kier molecular flexibility index (Phi) is 3.89. The molecule has 0 aliphatic rings. The Hall–Kier alpha value is -2.56. The van der Waals surface area contributed by atoms with E-state index in [9.17, 15) is 9.18 Å². The largest absolute Gasteiger partial charge is 0.497 e. The number of nitrogens with one attached hydrogen (secondary N) is 1. The molecule has 0 heterocycles. The van der Waals surface area contributed by atoms with E-state index >= 15 is 0 Å². The highest BCUT2D eigenvalue weighted by molar-refractivity contribution is 6.05. The van der Waals surface area contributed by atoms with Crippen LogP contribution in [-0.4, -0.2) is 13.0 Å². The van der Waals surface area contributed by atoms with Crippen LogP contribution in [0.1, 0.15) is 15.9 Å². The molecule has 2 rings (SSSR count). The maximum absolute atomic E-state index is 13.4. The van der Waals surface area contributed by atoms with E-state index in [0.29, 0.717) is 22.7 Å². The van der Waals surface area contributed by atoms with Crippen LogP contribution in [0.3, 0.4) is 0 Å². The SMILES string of the molecule is COc1ccc(NC(=O)c2ccc(C)c(F)c2)c(N)c1. The molecule has 0 aliphatic heterocycles. The van der Waals surface area contributed by atoms with Gasteiger partial charge in [-0.1, -0.05) is 6.07 Å². The third-order valence-electron chi connectivity index (χ3n) is 2.94. The normalized spacial score (nSPS) is 10.2. The molecule has 0 radical (unpaired) electrons. The fourth-order valence-electron chi connectivity index (χ4n) is 1.71. The number of benzene rings is 2. The van der Waals surface area contributed by atoms with Gasteiger partial charge < -0.3 is 15.8 Å². The third-order valence-corrected chi connectivity index (χ3v) is 2.94. The lowest BCUT2D eigenvalue weighted by Gasteiger charge is -2.10. The molecule has 2 aromatic rings. The number of nitrogens with two attached hydrogens (primary N) is 1. The van der Waals surface area contributed by atoms with E-state index < -0.39 is 11.7 Å². The van der Waals surface area contributed by atoms with Crippen LogP contribution in [0.5, 0.6) is 5.75 Å². The number of carbonyl (C=O) groups is 1. The first-order valence-electron chi connectivity index (χ1n) is 6.02. The second-order valence-corrected chi connectivity index (χ2v) is 4.37. The molecule has 0 aromatic heterocycles. The van der Waals surface area contributed by atoms with Crippen molar-refractivity contribution in [2.75, 3.05) is 18.2 Å². The van der Waals surface area contributed by atoms with Crippen molar-refractivity contribution in [3.8, 4) is 5.75 Å². The number of aryl methyl sites for hydroxylation is 1. The van der Waals surface area contributed by atoms with Gasteiger partial charge in [-0.05, 0) is 36.8 Å². The van der Waals surface area contributed by atoms with E-state index in [2.05, 4.69) is 5.32 Å². The molecule has 104 valence electrons. The number of hydrogen-bond donors (Lipinski definition) is 2. The van der Waals surface area contributed by atoms with Crippen molar-refractivity contribution in [1.29, 1.82) is 0 Å². The monoisotopic (exact) mass is 274 g/mol. The van der Waals surface area contributed by atoms with Crippen LogP contribution in [0.25, 0.3) is 0 Å². The Morgan fingerprint density at radius 1 is 1.25 bits per heavy atom. The molecule has 0 aliphatic carbocycles. The smallest absolute Gasteiger partial charge is 0.255 e. The van der Waals surface area contributed by atoms with Gasteiger partial charge in [-0.25, -0.2) is 4.39 Å². The number of rotatable bonds is 3. The standard InChI is InChI=1S/C15H15FN2O2/c1-9-3-4-10(7-12(9)16)15(19)18-14-6-5-11(20-2)8-13(14)17/h3-8H,17H2,1-2H3,(H,18,19). The average Bonchev–Trinajstić information content (AvgIpc) is 2.43. The van der Waals surface area contributed by atoms with E-state index in [1.165, 1.54) is 13.2 Å². The number of methoxy groups -OCH3 is 1. The first-order valence-corrected chi connectivity index (χ1v) is 6.02. The van der Waals surface area contributed by atoms with Crippen molar-refractivity contribution in [3.05, 3.63) is 53.3 Å². The van der Waals surface area contributed by atoms with Crippen molar-refractivity contribution in [2.45, 2.75) is 6.92 Å². The summed E-state index contributed by atoms with van der Waals surface area (Å²) in [7, 11) is 1.53. The van der Waals surface area contributed by atoms with Gasteiger partial charge in [0.25, 0.3) is 5.91 Å². The quantitative estimate of drug-likeness (QED) is 0.846. The Balaban J connectivity index is 2.21. The predicted molar refractivity (Wildman–Crippen MR) is 76.5 cm³/mol. The van der Waals surface area contributed by atoms with E-state index in [0.717, 1.165) is 0 Å². The fraction of sp³-hybridized carbons (Fsp3) is 0.133. The summed E-state index contributed by atoms with van der Waals surface area (Å²) in [4.78, 5) is 12.0. The van der Waals surface area contributed by atoms with Gasteiger partial charge in [0.15, 0.2) is 0 Å². The van der Waals surface area contributed by atoms with Crippen molar-refractivity contribution in [3.63, 3.8) is 0 Å². The molecule has 4 nitrogen and oxygen atoms in total. The lowest BCUT2D eigenvalue weighted by molar-refractivity contribution is 0.102. The van der Waals surface area contributed by atoms with Gasteiger partial charge in [0.2, 0.25) is 0 Å². The molecule has 0 spiro atoms. The van der Waals surface area contributed by atoms with Gasteiger partial charge in [-0.3, -0.25) is 4.79 Å². The van der Waals surface area contributed by atoms with Crippen molar-refractivity contribution in [2.24, 2.45) is 0 Å². The summed E-state index contributed by atoms with van der Waals surface area (Å²) in [5, 5.41) is 2.64. The molecule has 2 aromatic carbocycles. The summed E-state index contributed by atoms with van der Waals surface area (Å²) in [6.07, 6.45) is 0. The summed E-state index contributed by atoms with van der Waals surface area (Å²) in [6, 6.07) is 9.24. The van der Waals surface area contributed by atoms with Crippen LogP contribution in [-0.2, 0) is 0 Å². The van der Waals surface area contributed by atoms with Gasteiger partial charge in [0.05, 0.1) is 18.5 Å². The number of ether oxygens (including phenoxy) is 1. The molecule has 0 saturated carbocycles. The Labute approximate surface area is 116 Å². The maximum atomic E-state index is 13.4. The number of hydrogen-bond acceptors (Lipinski definition) is 3. The molecule has 0 fully saturated rings. The van der Waals surface area contributed by atoms with Gasteiger partial charge in [-0.2, -0.15) is 0 Å². The second-order valence-electron chi connectivity index (χ2n) is 4.37. The Morgan fingerprint density at radius 3 is 2.60 bits per heavy atom. The number of nitrogen functional groups attached to an aromatic ring is 1. The van der Waals surface area contributed by atoms with Gasteiger partial charge >= 0.3 is 0 Å². The van der Waals surface area contributed by atoms with Crippen molar-refractivity contribution >= 4 is 17.3 Å². The molecule has 20 heavy (non-hydrogen) atoms. The summed E-state index contributed by atoms with van der Waals surface area (Å²) >= 11 is 0. The minimum atomic E-state index is -0.416. The third kappa shape index (κ3) is 2.88. The summed E-state index contributed by atoms with van der Waals surface area (Å²) in [5.74, 6) is -0.233. The fourth-order valence-corrected chi connectivity index (χ4v) is 1.71.